The zero-order valence-electron chi connectivity index (χ0n) is 14.3. The van der Waals surface area contributed by atoms with E-state index in [1.54, 1.807) is 29.1 Å². The van der Waals surface area contributed by atoms with Crippen molar-refractivity contribution in [3.8, 4) is 23.2 Å². The number of nitrogen functional groups attached to an aromatic ring is 1. The fourth-order valence-corrected chi connectivity index (χ4v) is 3.50. The molecule has 0 amide bonds. The lowest BCUT2D eigenvalue weighted by molar-refractivity contribution is 0.614. The zero-order valence-corrected chi connectivity index (χ0v) is 15.8. The van der Waals surface area contributed by atoms with Gasteiger partial charge in [0.15, 0.2) is 22.9 Å². The average Bonchev–Trinajstić information content (AvgIpc) is 3.31. The van der Waals surface area contributed by atoms with Gasteiger partial charge in [-0.2, -0.15) is 0 Å². The maximum Gasteiger partial charge on any atom is 0.266 e. The second-order valence-corrected chi connectivity index (χ2v) is 6.98. The fraction of sp³-hybridized carbons (Fsp3) is 0.0526. The normalized spacial score (nSPS) is 11.5. The zero-order chi connectivity index (χ0) is 19.3. The molecule has 0 radical (unpaired) electrons. The number of oxazole rings is 1. The smallest absolute Gasteiger partial charge is 0.266 e. The number of hydrogen-bond acceptors (Lipinski definition) is 6. The van der Waals surface area contributed by atoms with Crippen molar-refractivity contribution in [3.05, 3.63) is 64.4 Å². The highest BCUT2D eigenvalue weighted by Gasteiger charge is 2.23. The number of nitrogens with zero attached hydrogens (tertiary/aromatic N) is 5. The Morgan fingerprint density at radius 3 is 2.54 bits per heavy atom. The topological polar surface area (TPSA) is 95.7 Å². The van der Waals surface area contributed by atoms with Crippen LogP contribution >= 0.6 is 23.2 Å². The second kappa shape index (κ2) is 6.47. The molecule has 28 heavy (non-hydrogen) atoms. The minimum absolute atomic E-state index is 0.270. The van der Waals surface area contributed by atoms with Gasteiger partial charge in [0.1, 0.15) is 5.52 Å². The summed E-state index contributed by atoms with van der Waals surface area (Å²) in [6.45, 7) is 0.369. The summed E-state index contributed by atoms with van der Waals surface area (Å²) in [6, 6.07) is 12.8. The van der Waals surface area contributed by atoms with Crippen molar-refractivity contribution in [2.75, 3.05) is 5.73 Å². The molecule has 0 saturated carbocycles. The number of aromatic nitrogens is 5. The number of benzene rings is 2. The molecule has 0 bridgehead atoms. The molecule has 3 aromatic rings. The van der Waals surface area contributed by atoms with E-state index in [1.807, 2.05) is 24.3 Å². The Labute approximate surface area is 169 Å². The van der Waals surface area contributed by atoms with E-state index in [0.717, 1.165) is 11.1 Å². The lowest BCUT2D eigenvalue weighted by Gasteiger charge is -2.13. The van der Waals surface area contributed by atoms with Crippen LogP contribution in [0.1, 0.15) is 5.56 Å². The molecule has 1 aromatic heterocycles. The summed E-state index contributed by atoms with van der Waals surface area (Å²) in [5.41, 5.74) is 8.63. The number of imidazole rings is 1. The van der Waals surface area contributed by atoms with E-state index < -0.39 is 0 Å². The van der Waals surface area contributed by atoms with Crippen LogP contribution in [0.25, 0.3) is 34.3 Å². The van der Waals surface area contributed by atoms with Gasteiger partial charge in [0, 0.05) is 15.6 Å². The van der Waals surface area contributed by atoms with Crippen molar-refractivity contribution in [1.29, 1.82) is 0 Å². The van der Waals surface area contributed by atoms with Crippen LogP contribution in [0.15, 0.2) is 53.2 Å². The van der Waals surface area contributed by atoms with Crippen molar-refractivity contribution in [1.82, 2.24) is 24.5 Å². The molecule has 0 saturated heterocycles. The van der Waals surface area contributed by atoms with Crippen LogP contribution in [-0.4, -0.2) is 24.5 Å². The Morgan fingerprint density at radius 1 is 0.964 bits per heavy atom. The highest BCUT2D eigenvalue weighted by atomic mass is 35.5. The van der Waals surface area contributed by atoms with Crippen molar-refractivity contribution < 1.29 is 4.42 Å². The average molecular weight is 411 g/mol. The summed E-state index contributed by atoms with van der Waals surface area (Å²) in [4.78, 5) is 17.7. The van der Waals surface area contributed by atoms with E-state index in [1.165, 1.54) is 0 Å². The predicted molar refractivity (Wildman–Crippen MR) is 107 cm³/mol. The molecule has 0 fully saturated rings. The van der Waals surface area contributed by atoms with Gasteiger partial charge < -0.3 is 14.7 Å². The predicted octanol–water partition coefficient (Wildman–Crippen LogP) is 4.52. The molecule has 0 unspecified atom stereocenters. The molecule has 5 rings (SSSR count). The van der Waals surface area contributed by atoms with Gasteiger partial charge in [-0.1, -0.05) is 41.4 Å². The number of halogens is 2. The molecule has 7 nitrogen and oxygen atoms in total. The molecule has 138 valence electrons. The third kappa shape index (κ3) is 2.76. The minimum atomic E-state index is 0.270. The Hall–Kier alpha value is -3.16. The van der Waals surface area contributed by atoms with Crippen molar-refractivity contribution in [3.63, 3.8) is 0 Å². The maximum absolute atomic E-state index is 6.30. The first-order valence-electron chi connectivity index (χ1n) is 8.37. The van der Waals surface area contributed by atoms with Crippen molar-refractivity contribution in [2.24, 2.45) is 0 Å². The summed E-state index contributed by atoms with van der Waals surface area (Å²) in [6.07, 6.45) is 1.59. The monoisotopic (exact) mass is 410 g/mol. The minimum Gasteiger partial charge on any atom is -0.434 e. The van der Waals surface area contributed by atoms with Gasteiger partial charge in [-0.15, -0.1) is 0 Å². The number of fused-ring (bicyclic) bond motifs is 2. The first-order chi connectivity index (χ1) is 13.6. The number of anilines is 1. The number of hydrogen-bond donors (Lipinski definition) is 1. The van der Waals surface area contributed by atoms with Crippen LogP contribution in [0, 0.1) is 0 Å². The highest BCUT2D eigenvalue weighted by molar-refractivity contribution is 6.36. The molecular formula is C19H12Cl2N6O. The molecule has 2 aromatic carbocycles. The summed E-state index contributed by atoms with van der Waals surface area (Å²) in [5.74, 6) is 1.47. The van der Waals surface area contributed by atoms with Gasteiger partial charge in [-0.25, -0.2) is 19.9 Å². The number of para-hydroxylation sites is 2. The molecule has 2 aliphatic heterocycles. The van der Waals surface area contributed by atoms with Gasteiger partial charge in [0.25, 0.3) is 5.89 Å². The molecule has 2 aliphatic rings. The second-order valence-electron chi connectivity index (χ2n) is 6.16. The Bertz CT molecular complexity index is 1240. The SMILES string of the molecule is Nc1ncn(Cc2c(Cl)cccc2Cl)c2nc(-c3nc4ccccc4o3)nc1-2. The van der Waals surface area contributed by atoms with Crippen LogP contribution in [-0.2, 0) is 6.54 Å². The van der Waals surface area contributed by atoms with Crippen LogP contribution in [0.2, 0.25) is 10.0 Å². The summed E-state index contributed by atoms with van der Waals surface area (Å²) < 4.78 is 7.56. The van der Waals surface area contributed by atoms with E-state index in [4.69, 9.17) is 33.4 Å². The van der Waals surface area contributed by atoms with E-state index in [-0.39, 0.29) is 5.82 Å². The Morgan fingerprint density at radius 2 is 1.75 bits per heavy atom. The quantitative estimate of drug-likeness (QED) is 0.469. The Kier molecular flexibility index (Phi) is 3.92. The van der Waals surface area contributed by atoms with E-state index >= 15 is 0 Å². The molecule has 2 N–H and O–H groups in total. The third-order valence-corrected chi connectivity index (χ3v) is 5.08. The first kappa shape index (κ1) is 17.0. The van der Waals surface area contributed by atoms with Crippen LogP contribution in [0.4, 0.5) is 5.82 Å². The molecule has 0 aliphatic carbocycles. The lowest BCUT2D eigenvalue weighted by atomic mass is 10.2. The summed E-state index contributed by atoms with van der Waals surface area (Å²) in [5, 5.41) is 1.12. The molecule has 0 spiro atoms. The van der Waals surface area contributed by atoms with Gasteiger partial charge >= 0.3 is 0 Å². The first-order valence-corrected chi connectivity index (χ1v) is 9.13. The molecular weight excluding hydrogens is 399 g/mol. The highest BCUT2D eigenvalue weighted by Crippen LogP contribution is 2.31. The van der Waals surface area contributed by atoms with Crippen molar-refractivity contribution >= 4 is 40.1 Å². The molecule has 3 heterocycles. The van der Waals surface area contributed by atoms with Gasteiger partial charge in [0.2, 0.25) is 5.82 Å². The van der Waals surface area contributed by atoms with Crippen LogP contribution < -0.4 is 5.73 Å². The van der Waals surface area contributed by atoms with Crippen LogP contribution in [0.5, 0.6) is 0 Å². The maximum atomic E-state index is 6.30. The van der Waals surface area contributed by atoms with Crippen molar-refractivity contribution in [2.45, 2.75) is 6.54 Å². The third-order valence-electron chi connectivity index (χ3n) is 4.37. The largest absolute Gasteiger partial charge is 0.434 e. The summed E-state index contributed by atoms with van der Waals surface area (Å²) >= 11 is 12.6. The lowest BCUT2D eigenvalue weighted by Crippen LogP contribution is -2.09. The van der Waals surface area contributed by atoms with Gasteiger partial charge in [-0.05, 0) is 24.3 Å². The number of nitrogens with two attached hydrogens (primary N) is 1. The van der Waals surface area contributed by atoms with E-state index in [9.17, 15) is 0 Å². The van der Waals surface area contributed by atoms with E-state index in [2.05, 4.69) is 19.9 Å². The molecule has 9 heteroatoms. The van der Waals surface area contributed by atoms with Crippen LogP contribution in [0.3, 0.4) is 0 Å². The van der Waals surface area contributed by atoms with Gasteiger partial charge in [-0.3, -0.25) is 0 Å². The Balaban J connectivity index is 1.63. The standard InChI is InChI=1S/C19H12Cl2N6O/c20-11-4-3-5-12(21)10(11)8-27-9-23-16(22)15-18(27)26-17(25-15)19-24-13-6-1-2-7-14(13)28-19/h1-7,9H,8,22H2. The fourth-order valence-electron chi connectivity index (χ4n) is 2.99. The summed E-state index contributed by atoms with van der Waals surface area (Å²) in [7, 11) is 0. The number of rotatable bonds is 3. The molecule has 0 atom stereocenters. The van der Waals surface area contributed by atoms with Gasteiger partial charge in [0.05, 0.1) is 12.9 Å². The van der Waals surface area contributed by atoms with E-state index in [0.29, 0.717) is 45.4 Å².